The van der Waals surface area contributed by atoms with Gasteiger partial charge in [-0.05, 0) is 49.0 Å². The Kier molecular flexibility index (Phi) is 3.39. The molecule has 1 heterocycles. The van der Waals surface area contributed by atoms with Crippen molar-refractivity contribution in [2.75, 3.05) is 6.54 Å². The highest BCUT2D eigenvalue weighted by Crippen LogP contribution is 2.44. The van der Waals surface area contributed by atoms with E-state index in [2.05, 4.69) is 33.0 Å². The van der Waals surface area contributed by atoms with E-state index in [0.717, 1.165) is 35.6 Å². The lowest BCUT2D eigenvalue weighted by Crippen LogP contribution is -2.51. The van der Waals surface area contributed by atoms with Crippen molar-refractivity contribution in [2.45, 2.75) is 53.0 Å². The molecule has 1 aliphatic heterocycles. The second kappa shape index (κ2) is 4.45. The van der Waals surface area contributed by atoms with Crippen LogP contribution in [0.5, 0.6) is 0 Å². The van der Waals surface area contributed by atoms with Crippen molar-refractivity contribution in [3.63, 3.8) is 0 Å². The van der Waals surface area contributed by atoms with Crippen LogP contribution in [0, 0.1) is 29.6 Å². The summed E-state index contributed by atoms with van der Waals surface area (Å²) >= 11 is 0. The van der Waals surface area contributed by atoms with Crippen LogP contribution in [0.15, 0.2) is 0 Å². The van der Waals surface area contributed by atoms with Crippen LogP contribution in [0.1, 0.15) is 47.0 Å². The van der Waals surface area contributed by atoms with Crippen LogP contribution in [0.3, 0.4) is 0 Å². The molecule has 0 bridgehead atoms. The first-order valence-electron chi connectivity index (χ1n) is 6.84. The molecule has 2 rings (SSSR count). The number of piperidine rings is 1. The molecule has 15 heavy (non-hydrogen) atoms. The number of fused-ring (bicyclic) bond motifs is 1. The van der Waals surface area contributed by atoms with Gasteiger partial charge in [0, 0.05) is 6.04 Å². The lowest BCUT2D eigenvalue weighted by molar-refractivity contribution is 0.0688. The molecule has 0 amide bonds. The van der Waals surface area contributed by atoms with Crippen molar-refractivity contribution < 1.29 is 0 Å². The summed E-state index contributed by atoms with van der Waals surface area (Å²) in [6.45, 7) is 10.9. The Morgan fingerprint density at radius 3 is 2.33 bits per heavy atom. The van der Waals surface area contributed by atoms with Crippen LogP contribution in [0.25, 0.3) is 0 Å². The third-order valence-electron chi connectivity index (χ3n) is 4.80. The first kappa shape index (κ1) is 11.4. The summed E-state index contributed by atoms with van der Waals surface area (Å²) in [7, 11) is 0. The number of hydrogen-bond donors (Lipinski definition) is 1. The zero-order valence-corrected chi connectivity index (χ0v) is 10.8. The molecule has 1 heteroatoms. The molecule has 0 spiro atoms. The van der Waals surface area contributed by atoms with Gasteiger partial charge >= 0.3 is 0 Å². The Bertz CT molecular complexity index is 207. The lowest BCUT2D eigenvalue weighted by atomic mass is 9.66. The predicted molar refractivity (Wildman–Crippen MR) is 65.8 cm³/mol. The van der Waals surface area contributed by atoms with Crippen molar-refractivity contribution in [1.29, 1.82) is 0 Å². The molecule has 88 valence electrons. The molecule has 0 aromatic rings. The zero-order valence-electron chi connectivity index (χ0n) is 10.8. The monoisotopic (exact) mass is 209 g/mol. The van der Waals surface area contributed by atoms with E-state index in [9.17, 15) is 0 Å². The summed E-state index contributed by atoms with van der Waals surface area (Å²) in [5.41, 5.74) is 0. The minimum Gasteiger partial charge on any atom is -0.313 e. The van der Waals surface area contributed by atoms with Gasteiger partial charge in [-0.3, -0.25) is 0 Å². The van der Waals surface area contributed by atoms with E-state index < -0.39 is 0 Å². The van der Waals surface area contributed by atoms with Gasteiger partial charge in [-0.2, -0.15) is 0 Å². The summed E-state index contributed by atoms with van der Waals surface area (Å²) in [6, 6.07) is 0.854. The van der Waals surface area contributed by atoms with Crippen LogP contribution < -0.4 is 5.32 Å². The van der Waals surface area contributed by atoms with Gasteiger partial charge in [0.1, 0.15) is 0 Å². The van der Waals surface area contributed by atoms with Crippen LogP contribution in [-0.4, -0.2) is 12.6 Å². The SMILES string of the molecule is CC(C)C1CNC2CCCC2C1C(C)C. The second-order valence-electron chi connectivity index (χ2n) is 6.34. The average molecular weight is 209 g/mol. The number of nitrogens with one attached hydrogen (secondary N) is 1. The third kappa shape index (κ3) is 2.08. The summed E-state index contributed by atoms with van der Waals surface area (Å²) in [6.07, 6.45) is 4.36. The Morgan fingerprint density at radius 2 is 1.73 bits per heavy atom. The van der Waals surface area contributed by atoms with Crippen LogP contribution >= 0.6 is 0 Å². The topological polar surface area (TPSA) is 12.0 Å². The maximum Gasteiger partial charge on any atom is 0.00983 e. The van der Waals surface area contributed by atoms with Gasteiger partial charge in [-0.25, -0.2) is 0 Å². The molecule has 2 fully saturated rings. The molecule has 0 aromatic carbocycles. The van der Waals surface area contributed by atoms with E-state index in [1.165, 1.54) is 25.8 Å². The molecular weight excluding hydrogens is 182 g/mol. The van der Waals surface area contributed by atoms with Crippen molar-refractivity contribution in [3.05, 3.63) is 0 Å². The highest BCUT2D eigenvalue weighted by atomic mass is 15.0. The third-order valence-corrected chi connectivity index (χ3v) is 4.80. The lowest BCUT2D eigenvalue weighted by Gasteiger charge is -2.45. The van der Waals surface area contributed by atoms with Crippen LogP contribution in [0.2, 0.25) is 0 Å². The fourth-order valence-electron chi connectivity index (χ4n) is 4.11. The molecule has 1 nitrogen and oxygen atoms in total. The van der Waals surface area contributed by atoms with Gasteiger partial charge in [0.25, 0.3) is 0 Å². The Balaban J connectivity index is 2.14. The second-order valence-corrected chi connectivity index (χ2v) is 6.34. The number of rotatable bonds is 2. The first-order valence-corrected chi connectivity index (χ1v) is 6.84. The molecular formula is C14H27N. The van der Waals surface area contributed by atoms with Crippen molar-refractivity contribution >= 4 is 0 Å². The smallest absolute Gasteiger partial charge is 0.00983 e. The van der Waals surface area contributed by atoms with E-state index >= 15 is 0 Å². The molecule has 0 radical (unpaired) electrons. The molecule has 1 saturated heterocycles. The highest BCUT2D eigenvalue weighted by Gasteiger charge is 2.43. The van der Waals surface area contributed by atoms with Crippen molar-refractivity contribution in [2.24, 2.45) is 29.6 Å². The average Bonchev–Trinajstić information content (AvgIpc) is 2.62. The Labute approximate surface area is 95.0 Å². The molecule has 1 saturated carbocycles. The largest absolute Gasteiger partial charge is 0.313 e. The van der Waals surface area contributed by atoms with Gasteiger partial charge in [0.05, 0.1) is 0 Å². The molecule has 1 N–H and O–H groups in total. The van der Waals surface area contributed by atoms with Crippen molar-refractivity contribution in [1.82, 2.24) is 5.32 Å². The Hall–Kier alpha value is -0.0400. The number of hydrogen-bond acceptors (Lipinski definition) is 1. The van der Waals surface area contributed by atoms with Gasteiger partial charge in [-0.15, -0.1) is 0 Å². The van der Waals surface area contributed by atoms with Crippen molar-refractivity contribution in [3.8, 4) is 0 Å². The maximum atomic E-state index is 3.80. The Morgan fingerprint density at radius 1 is 1.00 bits per heavy atom. The molecule has 4 atom stereocenters. The zero-order chi connectivity index (χ0) is 11.0. The van der Waals surface area contributed by atoms with Gasteiger partial charge < -0.3 is 5.32 Å². The van der Waals surface area contributed by atoms with Gasteiger partial charge in [-0.1, -0.05) is 34.1 Å². The van der Waals surface area contributed by atoms with E-state index in [0.29, 0.717) is 0 Å². The summed E-state index contributed by atoms with van der Waals surface area (Å²) < 4.78 is 0. The van der Waals surface area contributed by atoms with E-state index in [1.807, 2.05) is 0 Å². The quantitative estimate of drug-likeness (QED) is 0.736. The van der Waals surface area contributed by atoms with E-state index in [-0.39, 0.29) is 0 Å². The first-order chi connectivity index (χ1) is 7.11. The van der Waals surface area contributed by atoms with Crippen LogP contribution in [-0.2, 0) is 0 Å². The fraction of sp³-hybridized carbons (Fsp3) is 1.00. The summed E-state index contributed by atoms with van der Waals surface area (Å²) in [5, 5.41) is 3.80. The summed E-state index contributed by atoms with van der Waals surface area (Å²) in [4.78, 5) is 0. The fourth-order valence-corrected chi connectivity index (χ4v) is 4.11. The predicted octanol–water partition coefficient (Wildman–Crippen LogP) is 3.30. The molecule has 0 aromatic heterocycles. The molecule has 1 aliphatic carbocycles. The van der Waals surface area contributed by atoms with Gasteiger partial charge in [0.2, 0.25) is 0 Å². The molecule has 2 aliphatic rings. The molecule has 4 unspecified atom stereocenters. The van der Waals surface area contributed by atoms with Gasteiger partial charge in [0.15, 0.2) is 0 Å². The maximum absolute atomic E-state index is 3.80. The normalized spacial score (nSPS) is 41.2. The minimum atomic E-state index is 0.839. The summed E-state index contributed by atoms with van der Waals surface area (Å²) in [5.74, 6) is 4.56. The van der Waals surface area contributed by atoms with E-state index in [4.69, 9.17) is 0 Å². The highest BCUT2D eigenvalue weighted by molar-refractivity contribution is 4.96. The minimum absolute atomic E-state index is 0.839. The van der Waals surface area contributed by atoms with E-state index in [1.54, 1.807) is 0 Å². The van der Waals surface area contributed by atoms with Crippen LogP contribution in [0.4, 0.5) is 0 Å². The standard InChI is InChI=1S/C14H27N/c1-9(2)12-8-15-13-7-5-6-11(13)14(12)10(3)4/h9-15H,5-8H2,1-4H3.